The van der Waals surface area contributed by atoms with Crippen molar-refractivity contribution in [3.8, 4) is 5.88 Å². The zero-order chi connectivity index (χ0) is 16.0. The largest absolute Gasteiger partial charge is 0.494 e. The number of hydrogen-bond donors (Lipinski definition) is 2. The summed E-state index contributed by atoms with van der Waals surface area (Å²) >= 11 is 0. The second kappa shape index (κ2) is 4.64. The van der Waals surface area contributed by atoms with Crippen molar-refractivity contribution >= 4 is 16.9 Å². The molecule has 0 atom stereocenters. The molecule has 0 aliphatic heterocycles. The molecule has 0 aliphatic carbocycles. The highest BCUT2D eigenvalue weighted by Gasteiger charge is 2.32. The maximum atomic E-state index is 12.7. The Kier molecular flexibility index (Phi) is 3.35. The van der Waals surface area contributed by atoms with E-state index in [0.717, 1.165) is 6.07 Å². The molecule has 0 unspecified atom stereocenters. The first-order valence-corrected chi connectivity index (χ1v) is 6.08. The standard InChI is InChI=1S/C13H14F3N3O2/c1-12(2,11(17)21)6-19-9-3-7(13(14,15)16)5-18-8(9)4-10(19)20/h3-5,20H,6H2,1-2H3,(H2,17,21). The van der Waals surface area contributed by atoms with Gasteiger partial charge in [0.05, 0.1) is 22.0 Å². The van der Waals surface area contributed by atoms with Crippen molar-refractivity contribution in [1.29, 1.82) is 0 Å². The molecule has 0 saturated heterocycles. The van der Waals surface area contributed by atoms with Gasteiger partial charge < -0.3 is 15.4 Å². The van der Waals surface area contributed by atoms with Crippen LogP contribution in [0.5, 0.6) is 5.88 Å². The van der Waals surface area contributed by atoms with E-state index in [-0.39, 0.29) is 23.5 Å². The molecule has 5 nitrogen and oxygen atoms in total. The molecule has 2 aromatic heterocycles. The van der Waals surface area contributed by atoms with Crippen LogP contribution in [0.1, 0.15) is 19.4 Å². The number of primary amides is 1. The van der Waals surface area contributed by atoms with E-state index >= 15 is 0 Å². The van der Waals surface area contributed by atoms with Crippen LogP contribution in [0, 0.1) is 5.41 Å². The van der Waals surface area contributed by atoms with Crippen molar-refractivity contribution in [3.05, 3.63) is 23.9 Å². The van der Waals surface area contributed by atoms with Crippen LogP contribution in [0.15, 0.2) is 18.3 Å². The van der Waals surface area contributed by atoms with Gasteiger partial charge in [0, 0.05) is 18.8 Å². The molecule has 0 saturated carbocycles. The van der Waals surface area contributed by atoms with Crippen LogP contribution in [0.2, 0.25) is 0 Å². The molecular weight excluding hydrogens is 287 g/mol. The predicted octanol–water partition coefficient (Wildman–Crippen LogP) is 2.27. The van der Waals surface area contributed by atoms with E-state index in [2.05, 4.69) is 4.98 Å². The second-order valence-electron chi connectivity index (χ2n) is 5.46. The lowest BCUT2D eigenvalue weighted by Crippen LogP contribution is -2.35. The van der Waals surface area contributed by atoms with E-state index in [1.54, 1.807) is 13.8 Å². The van der Waals surface area contributed by atoms with Crippen LogP contribution in [0.25, 0.3) is 11.0 Å². The van der Waals surface area contributed by atoms with Gasteiger partial charge in [0.2, 0.25) is 5.91 Å². The molecule has 21 heavy (non-hydrogen) atoms. The summed E-state index contributed by atoms with van der Waals surface area (Å²) < 4.78 is 39.4. The van der Waals surface area contributed by atoms with Gasteiger partial charge in [-0.25, -0.2) is 0 Å². The smallest absolute Gasteiger partial charge is 0.417 e. The Morgan fingerprint density at radius 3 is 2.52 bits per heavy atom. The van der Waals surface area contributed by atoms with Crippen molar-refractivity contribution in [2.75, 3.05) is 0 Å². The lowest BCUT2D eigenvalue weighted by Gasteiger charge is -2.22. The van der Waals surface area contributed by atoms with Gasteiger partial charge in [0.25, 0.3) is 0 Å². The molecule has 0 aliphatic rings. The molecule has 2 rings (SSSR count). The quantitative estimate of drug-likeness (QED) is 0.912. The van der Waals surface area contributed by atoms with E-state index in [1.807, 2.05) is 0 Å². The summed E-state index contributed by atoms with van der Waals surface area (Å²) in [6, 6.07) is 2.13. The number of halogens is 3. The predicted molar refractivity (Wildman–Crippen MR) is 69.4 cm³/mol. The molecule has 2 aromatic rings. The van der Waals surface area contributed by atoms with Gasteiger partial charge in [-0.3, -0.25) is 9.78 Å². The van der Waals surface area contributed by atoms with E-state index in [9.17, 15) is 23.1 Å². The number of amides is 1. The number of carbonyl (C=O) groups is 1. The molecule has 0 fully saturated rings. The highest BCUT2D eigenvalue weighted by atomic mass is 19.4. The van der Waals surface area contributed by atoms with Crippen LogP contribution >= 0.6 is 0 Å². The maximum Gasteiger partial charge on any atom is 0.417 e. The molecule has 0 spiro atoms. The maximum absolute atomic E-state index is 12.7. The average molecular weight is 301 g/mol. The Bertz CT molecular complexity index is 704. The van der Waals surface area contributed by atoms with Crippen LogP contribution in [-0.4, -0.2) is 20.6 Å². The number of aromatic hydroxyl groups is 1. The number of carbonyl (C=O) groups excluding carboxylic acids is 1. The van der Waals surface area contributed by atoms with Crippen molar-refractivity contribution in [3.63, 3.8) is 0 Å². The van der Waals surface area contributed by atoms with Gasteiger partial charge in [0.1, 0.15) is 0 Å². The van der Waals surface area contributed by atoms with Crippen molar-refractivity contribution < 1.29 is 23.1 Å². The number of fused-ring (bicyclic) bond motifs is 1. The highest BCUT2D eigenvalue weighted by molar-refractivity contribution is 5.82. The summed E-state index contributed by atoms with van der Waals surface area (Å²) in [5, 5.41) is 9.86. The number of hydrogen-bond acceptors (Lipinski definition) is 3. The van der Waals surface area contributed by atoms with Crippen molar-refractivity contribution in [1.82, 2.24) is 9.55 Å². The first-order chi connectivity index (χ1) is 9.52. The summed E-state index contributed by atoms with van der Waals surface area (Å²) in [5.74, 6) is -0.894. The molecule has 8 heteroatoms. The molecule has 0 radical (unpaired) electrons. The lowest BCUT2D eigenvalue weighted by molar-refractivity contribution is -0.137. The number of pyridine rings is 1. The van der Waals surface area contributed by atoms with Crippen LogP contribution in [-0.2, 0) is 17.5 Å². The fraction of sp³-hybridized carbons (Fsp3) is 0.385. The number of aromatic nitrogens is 2. The molecule has 0 aromatic carbocycles. The van der Waals surface area contributed by atoms with E-state index in [0.29, 0.717) is 6.20 Å². The molecule has 3 N–H and O–H groups in total. The van der Waals surface area contributed by atoms with Gasteiger partial charge in [0.15, 0.2) is 5.88 Å². The van der Waals surface area contributed by atoms with E-state index in [1.165, 1.54) is 10.6 Å². The third-order valence-corrected chi connectivity index (χ3v) is 3.28. The third-order valence-electron chi connectivity index (χ3n) is 3.28. The topological polar surface area (TPSA) is 81.1 Å². The van der Waals surface area contributed by atoms with Gasteiger partial charge >= 0.3 is 6.18 Å². The molecule has 0 bridgehead atoms. The number of rotatable bonds is 3. The average Bonchev–Trinajstić information content (AvgIpc) is 2.63. The van der Waals surface area contributed by atoms with Gasteiger partial charge in [-0.05, 0) is 19.9 Å². The fourth-order valence-electron chi connectivity index (χ4n) is 1.91. The normalized spacial score (nSPS) is 12.8. The van der Waals surface area contributed by atoms with Crippen LogP contribution in [0.3, 0.4) is 0 Å². The Hall–Kier alpha value is -2.25. The fourth-order valence-corrected chi connectivity index (χ4v) is 1.91. The SMILES string of the molecule is CC(C)(Cn1c(O)cc2ncc(C(F)(F)F)cc21)C(N)=O. The van der Waals surface area contributed by atoms with Crippen molar-refractivity contribution in [2.24, 2.45) is 11.1 Å². The number of nitrogens with zero attached hydrogens (tertiary/aromatic N) is 2. The summed E-state index contributed by atoms with van der Waals surface area (Å²) in [7, 11) is 0. The summed E-state index contributed by atoms with van der Waals surface area (Å²) in [5.41, 5.74) is 3.60. The Labute approximate surface area is 118 Å². The van der Waals surface area contributed by atoms with E-state index in [4.69, 9.17) is 5.73 Å². The zero-order valence-electron chi connectivity index (χ0n) is 11.4. The second-order valence-corrected chi connectivity index (χ2v) is 5.46. The monoisotopic (exact) mass is 301 g/mol. The van der Waals surface area contributed by atoms with E-state index < -0.39 is 23.1 Å². The Balaban J connectivity index is 2.58. The number of nitrogens with two attached hydrogens (primary N) is 1. The third kappa shape index (κ3) is 2.79. The molecule has 114 valence electrons. The first-order valence-electron chi connectivity index (χ1n) is 6.08. The minimum Gasteiger partial charge on any atom is -0.494 e. The zero-order valence-corrected chi connectivity index (χ0v) is 11.4. The minimum absolute atomic E-state index is 0.0549. The summed E-state index contributed by atoms with van der Waals surface area (Å²) in [6.45, 7) is 3.03. The van der Waals surface area contributed by atoms with Crippen LogP contribution in [0.4, 0.5) is 13.2 Å². The summed E-state index contributed by atoms with van der Waals surface area (Å²) in [4.78, 5) is 15.0. The van der Waals surface area contributed by atoms with Crippen LogP contribution < -0.4 is 5.73 Å². The van der Waals surface area contributed by atoms with Gasteiger partial charge in [-0.2, -0.15) is 13.2 Å². The molecular formula is C13H14F3N3O2. The molecule has 2 heterocycles. The lowest BCUT2D eigenvalue weighted by atomic mass is 9.92. The number of alkyl halides is 3. The van der Waals surface area contributed by atoms with Gasteiger partial charge in [-0.1, -0.05) is 0 Å². The van der Waals surface area contributed by atoms with Crippen molar-refractivity contribution in [2.45, 2.75) is 26.6 Å². The highest BCUT2D eigenvalue weighted by Crippen LogP contribution is 2.33. The summed E-state index contributed by atoms with van der Waals surface area (Å²) in [6.07, 6.45) is -3.84. The Morgan fingerprint density at radius 2 is 2.00 bits per heavy atom. The first kappa shape index (κ1) is 15.1. The van der Waals surface area contributed by atoms with Gasteiger partial charge in [-0.15, -0.1) is 0 Å². The minimum atomic E-state index is -4.54. The Morgan fingerprint density at radius 1 is 1.38 bits per heavy atom. The molecule has 1 amide bonds.